The third-order valence-corrected chi connectivity index (χ3v) is 2.31. The molecule has 14 heavy (non-hydrogen) atoms. The van der Waals surface area contributed by atoms with Crippen molar-refractivity contribution in [3.63, 3.8) is 0 Å². The van der Waals surface area contributed by atoms with Gasteiger partial charge in [-0.05, 0) is 6.92 Å². The first-order chi connectivity index (χ1) is 6.74. The standard InChI is InChI=1S/C8H11N3O2S/c1-6(7(12)13-2)3-4-14-8-9-5-10-11-8/h3,5H,4H2,1-2H3,(H,9,10,11). The minimum absolute atomic E-state index is 0.303. The van der Waals surface area contributed by atoms with E-state index in [0.29, 0.717) is 11.3 Å². The molecule has 0 atom stereocenters. The van der Waals surface area contributed by atoms with Gasteiger partial charge in [0.15, 0.2) is 5.16 Å². The normalized spacial score (nSPS) is 11.4. The molecule has 0 unspecified atom stereocenters. The fourth-order valence-corrected chi connectivity index (χ4v) is 1.48. The molecule has 0 radical (unpaired) electrons. The average molecular weight is 213 g/mol. The van der Waals surface area contributed by atoms with Gasteiger partial charge < -0.3 is 4.74 Å². The molecule has 0 bridgehead atoms. The molecule has 0 saturated carbocycles. The van der Waals surface area contributed by atoms with Crippen LogP contribution in [0.1, 0.15) is 6.92 Å². The first-order valence-electron chi connectivity index (χ1n) is 3.97. The van der Waals surface area contributed by atoms with E-state index in [4.69, 9.17) is 0 Å². The maximum absolute atomic E-state index is 11.0. The molecule has 0 aliphatic carbocycles. The van der Waals surface area contributed by atoms with Crippen LogP contribution in [-0.4, -0.2) is 34.0 Å². The molecule has 0 fully saturated rings. The molecule has 0 aromatic carbocycles. The van der Waals surface area contributed by atoms with Crippen molar-refractivity contribution in [1.29, 1.82) is 0 Å². The Balaban J connectivity index is 2.36. The first kappa shape index (κ1) is 10.8. The molecule has 0 amide bonds. The van der Waals surface area contributed by atoms with Gasteiger partial charge in [0.25, 0.3) is 0 Å². The van der Waals surface area contributed by atoms with Crippen molar-refractivity contribution in [2.24, 2.45) is 0 Å². The summed E-state index contributed by atoms with van der Waals surface area (Å²) in [6.07, 6.45) is 3.23. The van der Waals surface area contributed by atoms with Crippen LogP contribution in [0.4, 0.5) is 0 Å². The highest BCUT2D eigenvalue weighted by atomic mass is 32.2. The number of aromatic nitrogens is 3. The third kappa shape index (κ3) is 3.21. The fraction of sp³-hybridized carbons (Fsp3) is 0.375. The largest absolute Gasteiger partial charge is 0.466 e. The van der Waals surface area contributed by atoms with Crippen LogP contribution in [0, 0.1) is 0 Å². The number of nitrogens with one attached hydrogen (secondary N) is 1. The predicted octanol–water partition coefficient (Wildman–Crippen LogP) is 1.02. The Bertz CT molecular complexity index is 321. The van der Waals surface area contributed by atoms with Gasteiger partial charge in [-0.3, -0.25) is 5.10 Å². The number of nitrogens with zero attached hydrogens (tertiary/aromatic N) is 2. The van der Waals surface area contributed by atoms with E-state index in [1.54, 1.807) is 13.0 Å². The van der Waals surface area contributed by atoms with E-state index < -0.39 is 0 Å². The maximum atomic E-state index is 11.0. The molecule has 0 aliphatic rings. The van der Waals surface area contributed by atoms with Crippen molar-refractivity contribution in [3.05, 3.63) is 18.0 Å². The van der Waals surface area contributed by atoms with Crippen molar-refractivity contribution in [1.82, 2.24) is 15.2 Å². The highest BCUT2D eigenvalue weighted by Gasteiger charge is 2.02. The minimum Gasteiger partial charge on any atom is -0.466 e. The number of rotatable bonds is 4. The van der Waals surface area contributed by atoms with E-state index in [0.717, 1.165) is 5.16 Å². The van der Waals surface area contributed by atoms with Crippen LogP contribution in [-0.2, 0) is 9.53 Å². The second-order valence-corrected chi connectivity index (χ2v) is 3.49. The van der Waals surface area contributed by atoms with E-state index in [2.05, 4.69) is 19.9 Å². The number of esters is 1. The number of hydrogen-bond donors (Lipinski definition) is 1. The van der Waals surface area contributed by atoms with Crippen molar-refractivity contribution >= 4 is 17.7 Å². The van der Waals surface area contributed by atoms with Crippen LogP contribution < -0.4 is 0 Å². The van der Waals surface area contributed by atoms with E-state index in [1.807, 2.05) is 0 Å². The summed E-state index contributed by atoms with van der Waals surface area (Å²) in [5.74, 6) is 0.360. The molecule has 1 N–H and O–H groups in total. The van der Waals surface area contributed by atoms with Crippen molar-refractivity contribution in [2.45, 2.75) is 12.1 Å². The number of carbonyl (C=O) groups excluding carboxylic acids is 1. The monoisotopic (exact) mass is 213 g/mol. The van der Waals surface area contributed by atoms with Gasteiger partial charge >= 0.3 is 5.97 Å². The topological polar surface area (TPSA) is 67.9 Å². The molecule has 0 aliphatic heterocycles. The number of thioether (sulfide) groups is 1. The summed E-state index contributed by atoms with van der Waals surface area (Å²) >= 11 is 1.47. The van der Waals surface area contributed by atoms with E-state index in [1.165, 1.54) is 25.2 Å². The summed E-state index contributed by atoms with van der Waals surface area (Å²) in [6, 6.07) is 0. The van der Waals surface area contributed by atoms with E-state index >= 15 is 0 Å². The van der Waals surface area contributed by atoms with Crippen LogP contribution >= 0.6 is 11.8 Å². The lowest BCUT2D eigenvalue weighted by molar-refractivity contribution is -0.136. The fourth-order valence-electron chi connectivity index (χ4n) is 0.754. The van der Waals surface area contributed by atoms with Gasteiger partial charge in [-0.25, -0.2) is 9.78 Å². The number of aromatic amines is 1. The van der Waals surface area contributed by atoms with Crippen LogP contribution in [0.3, 0.4) is 0 Å². The second-order valence-electron chi connectivity index (χ2n) is 2.48. The van der Waals surface area contributed by atoms with Gasteiger partial charge in [-0.15, -0.1) is 0 Å². The molecule has 1 aromatic rings. The summed E-state index contributed by atoms with van der Waals surface area (Å²) in [5, 5.41) is 7.15. The van der Waals surface area contributed by atoms with Crippen molar-refractivity contribution in [2.75, 3.05) is 12.9 Å². The number of hydrogen-bond acceptors (Lipinski definition) is 5. The van der Waals surface area contributed by atoms with Gasteiger partial charge in [-0.1, -0.05) is 17.8 Å². The predicted molar refractivity (Wildman–Crippen MR) is 52.9 cm³/mol. The average Bonchev–Trinajstić information content (AvgIpc) is 2.69. The molecule has 76 valence electrons. The number of carbonyl (C=O) groups is 1. The van der Waals surface area contributed by atoms with Gasteiger partial charge in [0.2, 0.25) is 0 Å². The van der Waals surface area contributed by atoms with Crippen LogP contribution in [0.15, 0.2) is 23.1 Å². The Hall–Kier alpha value is -1.30. The molecular formula is C8H11N3O2S. The van der Waals surface area contributed by atoms with Gasteiger partial charge in [-0.2, -0.15) is 5.10 Å². The van der Waals surface area contributed by atoms with Gasteiger partial charge in [0.1, 0.15) is 6.33 Å². The smallest absolute Gasteiger partial charge is 0.333 e. The summed E-state index contributed by atoms with van der Waals surface area (Å²) in [5.41, 5.74) is 0.597. The number of H-pyrrole nitrogens is 1. The second kappa shape index (κ2) is 5.43. The van der Waals surface area contributed by atoms with Crippen molar-refractivity contribution < 1.29 is 9.53 Å². The Morgan fingerprint density at radius 2 is 2.57 bits per heavy atom. The number of methoxy groups -OCH3 is 1. The van der Waals surface area contributed by atoms with E-state index in [9.17, 15) is 4.79 Å². The van der Waals surface area contributed by atoms with Gasteiger partial charge in [0, 0.05) is 11.3 Å². The van der Waals surface area contributed by atoms with Crippen LogP contribution in [0.5, 0.6) is 0 Å². The Morgan fingerprint density at radius 1 is 1.79 bits per heavy atom. The molecule has 0 saturated heterocycles. The Labute approximate surface area is 85.9 Å². The zero-order valence-electron chi connectivity index (χ0n) is 7.98. The molecule has 1 rings (SSSR count). The zero-order valence-corrected chi connectivity index (χ0v) is 8.80. The minimum atomic E-state index is -0.303. The lowest BCUT2D eigenvalue weighted by atomic mass is 10.3. The third-order valence-electron chi connectivity index (χ3n) is 1.51. The number of ether oxygens (including phenoxy) is 1. The lowest BCUT2D eigenvalue weighted by Gasteiger charge is -1.97. The van der Waals surface area contributed by atoms with Gasteiger partial charge in [0.05, 0.1) is 7.11 Å². The Morgan fingerprint density at radius 3 is 3.14 bits per heavy atom. The van der Waals surface area contributed by atoms with E-state index in [-0.39, 0.29) is 5.97 Å². The highest BCUT2D eigenvalue weighted by molar-refractivity contribution is 7.99. The highest BCUT2D eigenvalue weighted by Crippen LogP contribution is 2.11. The summed E-state index contributed by atoms with van der Waals surface area (Å²) in [7, 11) is 1.36. The lowest BCUT2D eigenvalue weighted by Crippen LogP contribution is -2.01. The molecule has 1 aromatic heterocycles. The quantitative estimate of drug-likeness (QED) is 0.459. The summed E-state index contributed by atoms with van der Waals surface area (Å²) in [4.78, 5) is 14.9. The van der Waals surface area contributed by atoms with Crippen LogP contribution in [0.2, 0.25) is 0 Å². The molecule has 0 spiro atoms. The molecule has 6 heteroatoms. The summed E-state index contributed by atoms with van der Waals surface area (Å²) in [6.45, 7) is 1.72. The SMILES string of the molecule is COC(=O)C(C)=CCSc1ncn[nH]1. The Kier molecular flexibility index (Phi) is 4.18. The molecule has 5 nitrogen and oxygen atoms in total. The zero-order chi connectivity index (χ0) is 10.4. The molecule has 1 heterocycles. The first-order valence-corrected chi connectivity index (χ1v) is 4.96. The van der Waals surface area contributed by atoms with Crippen molar-refractivity contribution in [3.8, 4) is 0 Å². The van der Waals surface area contributed by atoms with Crippen LogP contribution in [0.25, 0.3) is 0 Å². The summed E-state index contributed by atoms with van der Waals surface area (Å²) < 4.78 is 4.55. The molecular weight excluding hydrogens is 202 g/mol. The maximum Gasteiger partial charge on any atom is 0.333 e.